The van der Waals surface area contributed by atoms with Gasteiger partial charge in [-0.3, -0.25) is 33.6 Å². The molecule has 2 aromatic carbocycles. The minimum absolute atomic E-state index is 0.0394. The number of hydrogen-bond acceptors (Lipinski definition) is 10. The van der Waals surface area contributed by atoms with Gasteiger partial charge in [0.15, 0.2) is 0 Å². The summed E-state index contributed by atoms with van der Waals surface area (Å²) in [5.74, 6) is -5.48. The number of aliphatic carboxylic acids is 2. The van der Waals surface area contributed by atoms with Gasteiger partial charge in [0.25, 0.3) is 0 Å². The Morgan fingerprint density at radius 1 is 0.642 bits per heavy atom. The van der Waals surface area contributed by atoms with Crippen LogP contribution in [0.4, 0.5) is 0 Å². The van der Waals surface area contributed by atoms with Gasteiger partial charge in [-0.2, -0.15) is 0 Å². The minimum atomic E-state index is -1.19. The molecule has 4 aromatic rings. The van der Waals surface area contributed by atoms with Crippen molar-refractivity contribution in [3.05, 3.63) is 72.1 Å². The molecule has 0 aliphatic carbocycles. The zero-order valence-electron chi connectivity index (χ0n) is 38.2. The fraction of sp³-hybridized carbons (Fsp3) is 0.521. The lowest BCUT2D eigenvalue weighted by molar-refractivity contribution is -0.140. The van der Waals surface area contributed by atoms with E-state index in [9.17, 15) is 43.8 Å². The number of H-pyrrole nitrogens is 2. The number of aromatic nitrogens is 2. The molecule has 2 saturated heterocycles. The van der Waals surface area contributed by atoms with Crippen molar-refractivity contribution in [3.8, 4) is 0 Å². The smallest absolute Gasteiger partial charge is 0.305 e. The van der Waals surface area contributed by atoms with Crippen molar-refractivity contribution < 1.29 is 43.8 Å². The number of benzene rings is 2. The number of fused-ring (bicyclic) bond motifs is 2. The number of rotatable bonds is 23. The van der Waals surface area contributed by atoms with E-state index in [1.54, 1.807) is 0 Å². The van der Waals surface area contributed by atoms with E-state index in [-0.39, 0.29) is 74.8 Å². The molecule has 19 heteroatoms. The number of piperidine rings is 2. The van der Waals surface area contributed by atoms with Gasteiger partial charge in [-0.05, 0) is 74.4 Å². The molecule has 13 N–H and O–H groups in total. The third kappa shape index (κ3) is 14.6. The molecule has 2 fully saturated rings. The maximum atomic E-state index is 14.2. The Morgan fingerprint density at radius 3 is 1.73 bits per heavy atom. The van der Waals surface area contributed by atoms with E-state index in [0.717, 1.165) is 39.5 Å². The molecule has 67 heavy (non-hydrogen) atoms. The number of aromatic amines is 2. The normalized spacial score (nSPS) is 20.3. The molecule has 5 amide bonds. The van der Waals surface area contributed by atoms with Gasteiger partial charge in [0.2, 0.25) is 29.5 Å². The Morgan fingerprint density at radius 2 is 1.18 bits per heavy atom. The summed E-state index contributed by atoms with van der Waals surface area (Å²) < 4.78 is 0. The summed E-state index contributed by atoms with van der Waals surface area (Å²) in [6.45, 7) is 5.76. The first-order valence-electron chi connectivity index (χ1n) is 23.3. The number of carboxylic acid groups (broad SMARTS) is 2. The lowest BCUT2D eigenvalue weighted by Gasteiger charge is -2.34. The Balaban J connectivity index is 1.10. The molecular weight excluding hydrogens is 861 g/mol. The van der Waals surface area contributed by atoms with Crippen LogP contribution in [0.1, 0.15) is 76.3 Å². The third-order valence-corrected chi connectivity index (χ3v) is 12.9. The first kappa shape index (κ1) is 50.1. The number of nitrogens with one attached hydrogen (secondary N) is 9. The molecule has 0 saturated carbocycles. The number of carbonyl (C=O) groups excluding carboxylic acids is 5. The van der Waals surface area contributed by atoms with Crippen molar-refractivity contribution in [1.29, 1.82) is 0 Å². The second-order valence-electron chi connectivity index (χ2n) is 18.4. The van der Waals surface area contributed by atoms with Crippen molar-refractivity contribution in [2.45, 2.75) is 114 Å². The van der Waals surface area contributed by atoms with Crippen LogP contribution in [0.3, 0.4) is 0 Å². The largest absolute Gasteiger partial charge is 0.481 e. The molecule has 2 aromatic heterocycles. The van der Waals surface area contributed by atoms with Crippen LogP contribution >= 0.6 is 0 Å². The van der Waals surface area contributed by atoms with Crippen LogP contribution in [0, 0.1) is 17.8 Å². The molecule has 0 radical (unpaired) electrons. The van der Waals surface area contributed by atoms with Gasteiger partial charge in [-0.25, -0.2) is 0 Å². The Labute approximate surface area is 389 Å². The monoisotopic (exact) mass is 927 g/mol. The fourth-order valence-corrected chi connectivity index (χ4v) is 9.22. The van der Waals surface area contributed by atoms with Crippen LogP contribution in [0.5, 0.6) is 0 Å². The SMILES string of the molecule is CC(C)[C@@H](CC(=O)N[C@@H]1CCNC[C@H]1C(=O)N[C@H](CC(=O)N[C@@H](CCC(=O)O)CC(=O)O)Cc1c[nH]c2ccccc12)NC(=O)C[C@H](Cc1c[nH]c2ccccc12)NC(=O)[C@@H]1CNCC[C@H]1N. The number of carbonyl (C=O) groups is 7. The van der Waals surface area contributed by atoms with Gasteiger partial charge < -0.3 is 63.1 Å². The van der Waals surface area contributed by atoms with Gasteiger partial charge in [0.05, 0.1) is 18.3 Å². The summed E-state index contributed by atoms with van der Waals surface area (Å²) in [6.07, 6.45) is 4.22. The number of carboxylic acids is 2. The van der Waals surface area contributed by atoms with Crippen molar-refractivity contribution in [2.24, 2.45) is 23.5 Å². The van der Waals surface area contributed by atoms with Crippen LogP contribution in [-0.2, 0) is 46.4 Å². The highest BCUT2D eigenvalue weighted by atomic mass is 16.4. The van der Waals surface area contributed by atoms with Crippen LogP contribution < -0.4 is 43.0 Å². The summed E-state index contributed by atoms with van der Waals surface area (Å²) >= 11 is 0. The number of nitrogens with two attached hydrogens (primary N) is 1. The molecule has 19 nitrogen and oxygen atoms in total. The van der Waals surface area contributed by atoms with Crippen LogP contribution in [0.15, 0.2) is 60.9 Å². The van der Waals surface area contributed by atoms with Crippen molar-refractivity contribution in [3.63, 3.8) is 0 Å². The van der Waals surface area contributed by atoms with E-state index in [4.69, 9.17) is 5.73 Å². The molecule has 4 heterocycles. The third-order valence-electron chi connectivity index (χ3n) is 12.9. The second-order valence-corrected chi connectivity index (χ2v) is 18.4. The number of para-hydroxylation sites is 2. The van der Waals surface area contributed by atoms with Crippen LogP contribution in [0.2, 0.25) is 0 Å². The van der Waals surface area contributed by atoms with Crippen LogP contribution in [-0.4, -0.2) is 124 Å². The summed E-state index contributed by atoms with van der Waals surface area (Å²) in [5, 5.41) is 41.9. The average Bonchev–Trinajstić information content (AvgIpc) is 3.88. The van der Waals surface area contributed by atoms with Gasteiger partial charge in [-0.1, -0.05) is 50.2 Å². The molecule has 0 spiro atoms. The summed E-state index contributed by atoms with van der Waals surface area (Å²) in [4.78, 5) is 98.1. The molecule has 0 unspecified atom stereocenters. The number of amides is 5. The van der Waals surface area contributed by atoms with Crippen LogP contribution in [0.25, 0.3) is 21.8 Å². The maximum Gasteiger partial charge on any atom is 0.305 e. The van der Waals surface area contributed by atoms with Crippen molar-refractivity contribution in [2.75, 3.05) is 26.2 Å². The minimum Gasteiger partial charge on any atom is -0.481 e. The van der Waals surface area contributed by atoms with Gasteiger partial charge >= 0.3 is 11.9 Å². The average molecular weight is 927 g/mol. The first-order chi connectivity index (χ1) is 32.1. The molecule has 2 aliphatic rings. The highest BCUT2D eigenvalue weighted by molar-refractivity contribution is 5.87. The first-order valence-corrected chi connectivity index (χ1v) is 23.3. The summed E-state index contributed by atoms with van der Waals surface area (Å²) in [6, 6.07) is 11.7. The highest BCUT2D eigenvalue weighted by Crippen LogP contribution is 2.23. The topological polar surface area (TPSA) is 302 Å². The highest BCUT2D eigenvalue weighted by Gasteiger charge is 2.35. The van der Waals surface area contributed by atoms with E-state index < -0.39 is 72.2 Å². The van der Waals surface area contributed by atoms with Gasteiger partial charge in [-0.15, -0.1) is 0 Å². The molecule has 8 atom stereocenters. The zero-order chi connectivity index (χ0) is 48.0. The summed E-state index contributed by atoms with van der Waals surface area (Å²) in [5.41, 5.74) is 9.93. The van der Waals surface area contributed by atoms with Crippen molar-refractivity contribution in [1.82, 2.24) is 47.2 Å². The van der Waals surface area contributed by atoms with Gasteiger partial charge in [0, 0.05) is 109 Å². The lowest BCUT2D eigenvalue weighted by Crippen LogP contribution is -2.57. The molecule has 362 valence electrons. The van der Waals surface area contributed by atoms with E-state index in [2.05, 4.69) is 47.2 Å². The predicted octanol–water partition coefficient (Wildman–Crippen LogP) is 1.57. The van der Waals surface area contributed by atoms with Gasteiger partial charge in [0.1, 0.15) is 0 Å². The zero-order valence-corrected chi connectivity index (χ0v) is 38.2. The molecule has 6 rings (SSSR count). The van der Waals surface area contributed by atoms with E-state index in [1.165, 1.54) is 0 Å². The molecular formula is C48H66N10O9. The fourth-order valence-electron chi connectivity index (χ4n) is 9.22. The Kier molecular flexibility index (Phi) is 17.9. The van der Waals surface area contributed by atoms with E-state index in [0.29, 0.717) is 32.4 Å². The standard InChI is InChI=1S/C48H66N10O9/c1-27(2)41(58-43(60)20-32(55-47(66)35-25-50-15-13-37(35)49)18-29-24-53-39-10-6-4-8-34(29)39)22-44(61)57-40-14-16-51-26-36(40)48(67)56-31(17-28-23-52-38-9-5-3-7-33(28)38)19-42(59)54-30(21-46(64)65)11-12-45(62)63/h3-10,23-24,27,30-32,35-37,40-41,50-53H,11-22,25-26,49H2,1-2H3,(H,54,59)(H,55,66)(H,56,67)(H,57,61)(H,58,60)(H,62,63)(H,64,65)/t30-,31-,32-,35+,36+,37+,40+,41+/m0/s1. The van der Waals surface area contributed by atoms with Crippen molar-refractivity contribution >= 4 is 63.3 Å². The van der Waals surface area contributed by atoms with E-state index in [1.807, 2.05) is 74.8 Å². The summed E-state index contributed by atoms with van der Waals surface area (Å²) in [7, 11) is 0. The number of hydrogen-bond donors (Lipinski definition) is 12. The predicted molar refractivity (Wildman–Crippen MR) is 251 cm³/mol. The Bertz CT molecular complexity index is 2360. The Hall–Kier alpha value is -6.31. The molecule has 0 bridgehead atoms. The second kappa shape index (κ2) is 23.9. The quantitative estimate of drug-likeness (QED) is 0.0505. The molecule has 2 aliphatic heterocycles. The van der Waals surface area contributed by atoms with E-state index >= 15 is 0 Å². The lowest BCUT2D eigenvalue weighted by atomic mass is 9.90. The maximum absolute atomic E-state index is 14.2.